The minimum atomic E-state index is 0.590. The number of unbranched alkanes of at least 4 members (excludes halogenated alkanes) is 1. The van der Waals surface area contributed by atoms with E-state index in [0.29, 0.717) is 13.0 Å². The fourth-order valence-electron chi connectivity index (χ4n) is 1.10. The zero-order chi connectivity index (χ0) is 10.2. The van der Waals surface area contributed by atoms with Gasteiger partial charge in [-0.25, -0.2) is 0 Å². The highest BCUT2D eigenvalue weighted by atomic mass is 32.2. The third-order valence-corrected chi connectivity index (χ3v) is 2.92. The van der Waals surface area contributed by atoms with Crippen LogP contribution in [0.2, 0.25) is 0 Å². The zero-order valence-corrected chi connectivity index (χ0v) is 8.89. The number of nitrogens with two attached hydrogens (primary N) is 1. The van der Waals surface area contributed by atoms with Crippen LogP contribution in [0, 0.1) is 11.3 Å². The maximum atomic E-state index is 8.37. The van der Waals surface area contributed by atoms with E-state index in [2.05, 4.69) is 18.2 Å². The number of rotatable bonds is 5. The second-order valence-electron chi connectivity index (χ2n) is 2.96. The molecule has 0 saturated carbocycles. The summed E-state index contributed by atoms with van der Waals surface area (Å²) in [5.41, 5.74) is 6.71. The van der Waals surface area contributed by atoms with Crippen molar-refractivity contribution in [3.8, 4) is 6.07 Å². The molecule has 1 aromatic rings. The molecule has 0 fully saturated rings. The van der Waals surface area contributed by atoms with Gasteiger partial charge in [0.15, 0.2) is 0 Å². The summed E-state index contributed by atoms with van der Waals surface area (Å²) in [5.74, 6) is 1.00. The Labute approximate surface area is 89.1 Å². The largest absolute Gasteiger partial charge is 0.326 e. The summed E-state index contributed by atoms with van der Waals surface area (Å²) < 4.78 is 0. The van der Waals surface area contributed by atoms with Crippen LogP contribution in [0.25, 0.3) is 0 Å². The Morgan fingerprint density at radius 1 is 1.43 bits per heavy atom. The Hall–Kier alpha value is -0.980. The molecule has 0 atom stereocenters. The molecule has 0 aromatic heterocycles. The molecule has 2 N–H and O–H groups in total. The molecule has 0 radical (unpaired) electrons. The van der Waals surface area contributed by atoms with Crippen LogP contribution < -0.4 is 5.73 Å². The Bertz CT molecular complexity index is 317. The molecule has 1 aromatic carbocycles. The van der Waals surface area contributed by atoms with Gasteiger partial charge in [0.05, 0.1) is 6.07 Å². The lowest BCUT2D eigenvalue weighted by Crippen LogP contribution is -1.95. The van der Waals surface area contributed by atoms with E-state index in [0.717, 1.165) is 17.7 Å². The lowest BCUT2D eigenvalue weighted by Gasteiger charge is -2.02. The number of nitrogens with zero attached hydrogens (tertiary/aromatic N) is 1. The molecule has 2 nitrogen and oxygen atoms in total. The number of benzene rings is 1. The van der Waals surface area contributed by atoms with E-state index in [4.69, 9.17) is 11.0 Å². The van der Waals surface area contributed by atoms with Crippen molar-refractivity contribution >= 4 is 11.8 Å². The minimum Gasteiger partial charge on any atom is -0.326 e. The predicted molar refractivity (Wildman–Crippen MR) is 59.9 cm³/mol. The average Bonchev–Trinajstić information content (AvgIpc) is 2.25. The maximum Gasteiger partial charge on any atom is 0.0622 e. The SMILES string of the molecule is N#CCCCSc1cccc(CN)c1. The van der Waals surface area contributed by atoms with Gasteiger partial charge < -0.3 is 5.73 Å². The minimum absolute atomic E-state index is 0.590. The molecule has 0 bridgehead atoms. The summed E-state index contributed by atoms with van der Waals surface area (Å²) in [4.78, 5) is 1.24. The molecule has 0 aliphatic carbocycles. The van der Waals surface area contributed by atoms with Gasteiger partial charge in [-0.05, 0) is 29.9 Å². The molecule has 0 aliphatic heterocycles. The Balaban J connectivity index is 2.39. The zero-order valence-electron chi connectivity index (χ0n) is 8.07. The van der Waals surface area contributed by atoms with E-state index in [9.17, 15) is 0 Å². The van der Waals surface area contributed by atoms with Gasteiger partial charge in [-0.15, -0.1) is 11.8 Å². The van der Waals surface area contributed by atoms with Crippen LogP contribution in [-0.4, -0.2) is 5.75 Å². The predicted octanol–water partition coefficient (Wildman–Crippen LogP) is 2.54. The normalized spacial score (nSPS) is 9.71. The molecule has 0 amide bonds. The van der Waals surface area contributed by atoms with E-state index in [1.165, 1.54) is 4.90 Å². The van der Waals surface area contributed by atoms with E-state index < -0.39 is 0 Å². The van der Waals surface area contributed by atoms with Crippen molar-refractivity contribution in [2.45, 2.75) is 24.3 Å². The van der Waals surface area contributed by atoms with Crippen molar-refractivity contribution in [2.75, 3.05) is 5.75 Å². The van der Waals surface area contributed by atoms with Gasteiger partial charge in [-0.2, -0.15) is 5.26 Å². The first-order chi connectivity index (χ1) is 6.86. The Morgan fingerprint density at radius 3 is 3.00 bits per heavy atom. The second kappa shape index (κ2) is 6.47. The third-order valence-electron chi connectivity index (χ3n) is 1.84. The number of hydrogen-bond acceptors (Lipinski definition) is 3. The summed E-state index contributed by atoms with van der Waals surface area (Å²) in [5, 5.41) is 8.37. The van der Waals surface area contributed by atoms with Gasteiger partial charge in [0.2, 0.25) is 0 Å². The van der Waals surface area contributed by atoms with Crippen molar-refractivity contribution in [1.82, 2.24) is 0 Å². The van der Waals surface area contributed by atoms with Crippen LogP contribution in [0.15, 0.2) is 29.2 Å². The molecule has 3 heteroatoms. The van der Waals surface area contributed by atoms with E-state index >= 15 is 0 Å². The van der Waals surface area contributed by atoms with Crippen LogP contribution in [0.1, 0.15) is 18.4 Å². The topological polar surface area (TPSA) is 49.8 Å². The highest BCUT2D eigenvalue weighted by Crippen LogP contribution is 2.20. The highest BCUT2D eigenvalue weighted by Gasteiger charge is 1.95. The first kappa shape index (κ1) is 11.1. The molecule has 74 valence electrons. The quantitative estimate of drug-likeness (QED) is 0.595. The van der Waals surface area contributed by atoms with Crippen molar-refractivity contribution in [1.29, 1.82) is 5.26 Å². The first-order valence-electron chi connectivity index (χ1n) is 4.65. The highest BCUT2D eigenvalue weighted by molar-refractivity contribution is 7.99. The summed E-state index contributed by atoms with van der Waals surface area (Å²) in [7, 11) is 0. The van der Waals surface area contributed by atoms with Gasteiger partial charge in [0.1, 0.15) is 0 Å². The fourth-order valence-corrected chi connectivity index (χ4v) is 2.04. The van der Waals surface area contributed by atoms with Gasteiger partial charge >= 0.3 is 0 Å². The van der Waals surface area contributed by atoms with E-state index in [-0.39, 0.29) is 0 Å². The van der Waals surface area contributed by atoms with Gasteiger partial charge in [0.25, 0.3) is 0 Å². The third kappa shape index (κ3) is 3.82. The van der Waals surface area contributed by atoms with Crippen LogP contribution >= 0.6 is 11.8 Å². The second-order valence-corrected chi connectivity index (χ2v) is 4.13. The molecule has 0 spiro atoms. The molecule has 0 unspecified atom stereocenters. The molecule has 0 saturated heterocycles. The van der Waals surface area contributed by atoms with Crippen LogP contribution in [-0.2, 0) is 6.54 Å². The maximum absolute atomic E-state index is 8.37. The van der Waals surface area contributed by atoms with Crippen LogP contribution in [0.5, 0.6) is 0 Å². The number of nitriles is 1. The molecular weight excluding hydrogens is 192 g/mol. The van der Waals surface area contributed by atoms with E-state index in [1.54, 1.807) is 11.8 Å². The summed E-state index contributed by atoms with van der Waals surface area (Å²) in [6, 6.07) is 10.4. The van der Waals surface area contributed by atoms with Crippen LogP contribution in [0.3, 0.4) is 0 Å². The lowest BCUT2D eigenvalue weighted by molar-refractivity contribution is 0.980. The first-order valence-corrected chi connectivity index (χ1v) is 5.64. The monoisotopic (exact) mass is 206 g/mol. The van der Waals surface area contributed by atoms with Gasteiger partial charge in [-0.1, -0.05) is 12.1 Å². The summed E-state index contributed by atoms with van der Waals surface area (Å²) in [6.07, 6.45) is 1.59. The molecule has 0 aliphatic rings. The van der Waals surface area contributed by atoms with E-state index in [1.807, 2.05) is 12.1 Å². The summed E-state index contributed by atoms with van der Waals surface area (Å²) in [6.45, 7) is 0.590. The molecule has 14 heavy (non-hydrogen) atoms. The Morgan fingerprint density at radius 2 is 2.29 bits per heavy atom. The van der Waals surface area contributed by atoms with Crippen molar-refractivity contribution in [3.63, 3.8) is 0 Å². The molecule has 1 rings (SSSR count). The molecular formula is C11H14N2S. The fraction of sp³-hybridized carbons (Fsp3) is 0.364. The standard InChI is InChI=1S/C11H14N2S/c12-6-1-2-7-14-11-5-3-4-10(8-11)9-13/h3-5,8H,1-2,7,9,13H2. The Kier molecular flexibility index (Phi) is 5.13. The lowest BCUT2D eigenvalue weighted by atomic mass is 10.2. The van der Waals surface area contributed by atoms with Crippen molar-refractivity contribution < 1.29 is 0 Å². The van der Waals surface area contributed by atoms with Crippen LogP contribution in [0.4, 0.5) is 0 Å². The van der Waals surface area contributed by atoms with Crippen molar-refractivity contribution in [3.05, 3.63) is 29.8 Å². The van der Waals surface area contributed by atoms with Gasteiger partial charge in [-0.3, -0.25) is 0 Å². The number of thioether (sulfide) groups is 1. The number of hydrogen-bond donors (Lipinski definition) is 1. The van der Waals surface area contributed by atoms with Crippen molar-refractivity contribution in [2.24, 2.45) is 5.73 Å². The van der Waals surface area contributed by atoms with Gasteiger partial charge in [0, 0.05) is 17.9 Å². The average molecular weight is 206 g/mol. The smallest absolute Gasteiger partial charge is 0.0622 e. The molecule has 0 heterocycles. The summed E-state index contributed by atoms with van der Waals surface area (Å²) >= 11 is 1.78.